The highest BCUT2D eigenvalue weighted by molar-refractivity contribution is 8.16. The van der Waals surface area contributed by atoms with E-state index < -0.39 is 9.84 Å². The Hall–Kier alpha value is -2.81. The second kappa shape index (κ2) is 9.44. The number of rotatable bonds is 5. The van der Waals surface area contributed by atoms with Crippen LogP contribution >= 0.6 is 23.4 Å². The van der Waals surface area contributed by atoms with Gasteiger partial charge in [-0.3, -0.25) is 4.79 Å². The van der Waals surface area contributed by atoms with Crippen LogP contribution < -0.4 is 9.64 Å². The van der Waals surface area contributed by atoms with E-state index in [2.05, 4.69) is 4.99 Å². The lowest BCUT2D eigenvalue weighted by Gasteiger charge is -2.24. The van der Waals surface area contributed by atoms with Crippen molar-refractivity contribution in [1.82, 2.24) is 0 Å². The number of carbonyl (C=O) groups is 1. The van der Waals surface area contributed by atoms with Crippen LogP contribution in [0.15, 0.2) is 83.9 Å². The number of amides is 1. The third kappa shape index (κ3) is 4.99. The quantitative estimate of drug-likeness (QED) is 0.480. The topological polar surface area (TPSA) is 76.0 Å². The molecular formula is C25H21ClN2O4S2. The normalized spacial score (nSPS) is 22.0. The largest absolute Gasteiger partial charge is 0.457 e. The molecule has 0 aromatic heterocycles. The fourth-order valence-corrected chi connectivity index (χ4v) is 8.25. The van der Waals surface area contributed by atoms with Crippen LogP contribution in [-0.2, 0) is 21.1 Å². The molecule has 174 valence electrons. The predicted octanol–water partition coefficient (Wildman–Crippen LogP) is 4.98. The van der Waals surface area contributed by atoms with Crippen LogP contribution in [0.5, 0.6) is 11.5 Å². The first-order chi connectivity index (χ1) is 16.4. The fraction of sp³-hybridized carbons (Fsp3) is 0.200. The van der Waals surface area contributed by atoms with Crippen molar-refractivity contribution in [1.29, 1.82) is 0 Å². The minimum atomic E-state index is -3.15. The summed E-state index contributed by atoms with van der Waals surface area (Å²) in [5.74, 6) is 1.16. The maximum atomic E-state index is 12.8. The first-order valence-electron chi connectivity index (χ1n) is 10.7. The van der Waals surface area contributed by atoms with Gasteiger partial charge in [-0.25, -0.2) is 8.42 Å². The number of amidine groups is 1. The Morgan fingerprint density at radius 3 is 2.38 bits per heavy atom. The first-order valence-corrected chi connectivity index (χ1v) is 13.8. The number of thioether (sulfide) groups is 1. The average molecular weight is 513 g/mol. The third-order valence-electron chi connectivity index (χ3n) is 5.68. The maximum absolute atomic E-state index is 12.8. The van der Waals surface area contributed by atoms with Crippen molar-refractivity contribution >= 4 is 50.0 Å². The molecule has 0 aliphatic carbocycles. The number of ether oxygens (including phenoxy) is 1. The molecule has 34 heavy (non-hydrogen) atoms. The second-order valence-corrected chi connectivity index (χ2v) is 11.9. The van der Waals surface area contributed by atoms with Gasteiger partial charge in [-0.1, -0.05) is 59.8 Å². The molecule has 6 nitrogen and oxygen atoms in total. The molecule has 2 unspecified atom stereocenters. The number of fused-ring (bicyclic) bond motifs is 1. The van der Waals surface area contributed by atoms with Gasteiger partial charge in [0.1, 0.15) is 11.5 Å². The van der Waals surface area contributed by atoms with Gasteiger partial charge < -0.3 is 9.64 Å². The molecule has 0 spiro atoms. The summed E-state index contributed by atoms with van der Waals surface area (Å²) >= 11 is 7.54. The molecule has 0 N–H and O–H groups in total. The Morgan fingerprint density at radius 1 is 0.971 bits per heavy atom. The number of halogens is 1. The van der Waals surface area contributed by atoms with Gasteiger partial charge in [-0.2, -0.15) is 4.99 Å². The molecule has 2 saturated heterocycles. The smallest absolute Gasteiger partial charge is 0.252 e. The summed E-state index contributed by atoms with van der Waals surface area (Å²) in [6.07, 6.45) is 0.0784. The highest BCUT2D eigenvalue weighted by Crippen LogP contribution is 2.41. The van der Waals surface area contributed by atoms with Crippen LogP contribution in [0.2, 0.25) is 5.02 Å². The van der Waals surface area contributed by atoms with E-state index in [4.69, 9.17) is 16.3 Å². The van der Waals surface area contributed by atoms with Crippen molar-refractivity contribution in [3.63, 3.8) is 0 Å². The standard InChI is InChI=1S/C25H21ClN2O4S2/c26-21-9-5-4-6-17(21)14-24(29)27-25-28(22-15-34(30,31)16-23(22)33-25)18-10-12-20(13-11-18)32-19-7-2-1-3-8-19/h1-13,22-23H,14-16H2. The van der Waals surface area contributed by atoms with Gasteiger partial charge in [-0.15, -0.1) is 0 Å². The molecular weight excluding hydrogens is 492 g/mol. The van der Waals surface area contributed by atoms with Crippen molar-refractivity contribution in [3.8, 4) is 11.5 Å². The Bertz CT molecular complexity index is 1340. The van der Waals surface area contributed by atoms with Crippen molar-refractivity contribution in [2.75, 3.05) is 16.4 Å². The summed E-state index contributed by atoms with van der Waals surface area (Å²) in [6.45, 7) is 0. The number of hydrogen-bond donors (Lipinski definition) is 0. The van der Waals surface area contributed by atoms with Gasteiger partial charge in [0.05, 0.1) is 24.0 Å². The molecule has 2 heterocycles. The number of hydrogen-bond acceptors (Lipinski definition) is 5. The van der Waals surface area contributed by atoms with Gasteiger partial charge >= 0.3 is 0 Å². The molecule has 9 heteroatoms. The zero-order valence-electron chi connectivity index (χ0n) is 18.0. The van der Waals surface area contributed by atoms with Crippen molar-refractivity contribution < 1.29 is 17.9 Å². The van der Waals surface area contributed by atoms with Crippen LogP contribution in [0.3, 0.4) is 0 Å². The van der Waals surface area contributed by atoms with Crippen molar-refractivity contribution in [2.45, 2.75) is 17.7 Å². The first kappa shape index (κ1) is 23.0. The van der Waals surface area contributed by atoms with Crippen LogP contribution in [0.4, 0.5) is 5.69 Å². The molecule has 0 radical (unpaired) electrons. The zero-order valence-corrected chi connectivity index (χ0v) is 20.4. The Kier molecular flexibility index (Phi) is 6.38. The van der Waals surface area contributed by atoms with Gasteiger partial charge in [-0.05, 0) is 48.0 Å². The van der Waals surface area contributed by atoms with Crippen LogP contribution in [0, 0.1) is 0 Å². The van der Waals surface area contributed by atoms with Gasteiger partial charge in [0, 0.05) is 16.0 Å². The lowest BCUT2D eigenvalue weighted by Crippen LogP contribution is -2.37. The molecule has 1 amide bonds. The Balaban J connectivity index is 1.41. The zero-order chi connectivity index (χ0) is 23.7. The number of sulfone groups is 1. The number of carbonyl (C=O) groups excluding carboxylic acids is 1. The lowest BCUT2D eigenvalue weighted by atomic mass is 10.1. The molecule has 2 fully saturated rings. The van der Waals surface area contributed by atoms with E-state index in [0.717, 1.165) is 11.4 Å². The van der Waals surface area contributed by atoms with Gasteiger partial charge in [0.15, 0.2) is 15.0 Å². The van der Waals surface area contributed by atoms with E-state index in [1.54, 1.807) is 12.1 Å². The highest BCUT2D eigenvalue weighted by Gasteiger charge is 2.49. The summed E-state index contributed by atoms with van der Waals surface area (Å²) in [4.78, 5) is 19.0. The lowest BCUT2D eigenvalue weighted by molar-refractivity contribution is -0.117. The van der Waals surface area contributed by atoms with E-state index in [0.29, 0.717) is 21.5 Å². The minimum Gasteiger partial charge on any atom is -0.457 e. The minimum absolute atomic E-state index is 0.0324. The summed E-state index contributed by atoms with van der Waals surface area (Å²) in [5.41, 5.74) is 1.47. The Morgan fingerprint density at radius 2 is 1.65 bits per heavy atom. The van der Waals surface area contributed by atoms with Gasteiger partial charge in [0.25, 0.3) is 5.91 Å². The fourth-order valence-electron chi connectivity index (χ4n) is 4.12. The SMILES string of the molecule is O=C(Cc1ccccc1Cl)N=C1SC2CS(=O)(=O)CC2N1c1ccc(Oc2ccccc2)cc1. The number of anilines is 1. The van der Waals surface area contributed by atoms with Crippen LogP contribution in [-0.4, -0.2) is 42.3 Å². The maximum Gasteiger partial charge on any atom is 0.252 e. The van der Waals surface area contributed by atoms with Crippen molar-refractivity contribution in [2.24, 2.45) is 4.99 Å². The van der Waals surface area contributed by atoms with E-state index >= 15 is 0 Å². The summed E-state index contributed by atoms with van der Waals surface area (Å²) in [5, 5.41) is 0.861. The van der Waals surface area contributed by atoms with Gasteiger partial charge in [0.2, 0.25) is 0 Å². The molecule has 2 atom stereocenters. The monoisotopic (exact) mass is 512 g/mol. The van der Waals surface area contributed by atoms with E-state index in [1.807, 2.05) is 71.6 Å². The second-order valence-electron chi connectivity index (χ2n) is 8.14. The number of benzene rings is 3. The number of para-hydroxylation sites is 1. The molecule has 0 saturated carbocycles. The van der Waals surface area contributed by atoms with E-state index in [-0.39, 0.29) is 35.1 Å². The molecule has 3 aromatic rings. The van der Waals surface area contributed by atoms with Crippen LogP contribution in [0.1, 0.15) is 5.56 Å². The predicted molar refractivity (Wildman–Crippen MR) is 137 cm³/mol. The molecule has 2 aliphatic heterocycles. The van der Waals surface area contributed by atoms with E-state index in [1.165, 1.54) is 11.8 Å². The van der Waals surface area contributed by atoms with Crippen molar-refractivity contribution in [3.05, 3.63) is 89.4 Å². The number of nitrogens with zero attached hydrogens (tertiary/aromatic N) is 2. The molecule has 5 rings (SSSR count). The highest BCUT2D eigenvalue weighted by atomic mass is 35.5. The van der Waals surface area contributed by atoms with Crippen LogP contribution in [0.25, 0.3) is 0 Å². The molecule has 0 bridgehead atoms. The Labute approximate surface area is 207 Å². The summed E-state index contributed by atoms with van der Waals surface area (Å²) in [6, 6.07) is 23.7. The average Bonchev–Trinajstić information content (AvgIpc) is 3.27. The van der Waals surface area contributed by atoms with E-state index in [9.17, 15) is 13.2 Å². The summed E-state index contributed by atoms with van der Waals surface area (Å²) in [7, 11) is -3.15. The third-order valence-corrected chi connectivity index (χ3v) is 9.26. The molecule has 2 aliphatic rings. The summed E-state index contributed by atoms with van der Waals surface area (Å²) < 4.78 is 30.5. The number of aliphatic imine (C=N–C) groups is 1. The molecule has 3 aromatic carbocycles.